The van der Waals surface area contributed by atoms with E-state index in [1.165, 1.54) is 6.33 Å². The molecule has 4 nitrogen and oxygen atoms in total. The van der Waals surface area contributed by atoms with Crippen LogP contribution < -0.4 is 0 Å². The van der Waals surface area contributed by atoms with E-state index in [2.05, 4.69) is 9.97 Å². The largest absolute Gasteiger partial charge is 0.339 e. The van der Waals surface area contributed by atoms with Crippen LogP contribution in [-0.4, -0.2) is 33.9 Å². The quantitative estimate of drug-likeness (QED) is 0.756. The second-order valence-corrected chi connectivity index (χ2v) is 3.40. The van der Waals surface area contributed by atoms with Crippen molar-refractivity contribution in [1.29, 1.82) is 0 Å². The molecule has 0 aliphatic carbocycles. The summed E-state index contributed by atoms with van der Waals surface area (Å²) in [6.45, 7) is 9.04. The highest BCUT2D eigenvalue weighted by atomic mass is 16.2. The van der Waals surface area contributed by atoms with Crippen molar-refractivity contribution in [2.24, 2.45) is 0 Å². The zero-order chi connectivity index (χ0) is 11.4. The lowest BCUT2D eigenvalue weighted by molar-refractivity contribution is 0.0770. The molecular formula is C11H17N3O. The second kappa shape index (κ2) is 4.87. The average Bonchev–Trinajstić information content (AvgIpc) is 2.19. The molecule has 0 atom stereocenters. The van der Waals surface area contributed by atoms with Gasteiger partial charge in [-0.25, -0.2) is 9.97 Å². The molecule has 1 rings (SSSR count). The number of rotatable bonds is 3. The fraction of sp³-hybridized carbons (Fsp3) is 0.545. The van der Waals surface area contributed by atoms with E-state index < -0.39 is 0 Å². The Balaban J connectivity index is 3.10. The van der Waals surface area contributed by atoms with Crippen LogP contribution in [0.2, 0.25) is 0 Å². The first-order valence-electron chi connectivity index (χ1n) is 5.19. The molecule has 4 heteroatoms. The topological polar surface area (TPSA) is 46.1 Å². The predicted molar refractivity (Wildman–Crippen MR) is 58.8 cm³/mol. The molecule has 1 aromatic heterocycles. The zero-order valence-electron chi connectivity index (χ0n) is 9.74. The third kappa shape index (κ3) is 2.32. The summed E-state index contributed by atoms with van der Waals surface area (Å²) >= 11 is 0. The third-order valence-electron chi connectivity index (χ3n) is 2.49. The van der Waals surface area contributed by atoms with Gasteiger partial charge in [-0.3, -0.25) is 4.79 Å². The molecule has 0 radical (unpaired) electrons. The molecule has 15 heavy (non-hydrogen) atoms. The molecule has 1 amide bonds. The monoisotopic (exact) mass is 207 g/mol. The molecule has 82 valence electrons. The van der Waals surface area contributed by atoms with Gasteiger partial charge in [0.25, 0.3) is 5.91 Å². The van der Waals surface area contributed by atoms with Crippen molar-refractivity contribution in [3.8, 4) is 0 Å². The summed E-state index contributed by atoms with van der Waals surface area (Å²) < 4.78 is 0. The Hall–Kier alpha value is -1.45. The fourth-order valence-electron chi connectivity index (χ4n) is 1.57. The minimum atomic E-state index is 0.0237. The van der Waals surface area contributed by atoms with E-state index in [9.17, 15) is 4.79 Å². The van der Waals surface area contributed by atoms with Crippen LogP contribution in [0.25, 0.3) is 0 Å². The maximum Gasteiger partial charge on any atom is 0.257 e. The Morgan fingerprint density at radius 1 is 1.20 bits per heavy atom. The normalized spacial score (nSPS) is 10.1. The van der Waals surface area contributed by atoms with E-state index in [0.717, 1.165) is 11.4 Å². The first-order valence-corrected chi connectivity index (χ1v) is 5.19. The first-order chi connectivity index (χ1) is 7.11. The molecule has 0 aliphatic heterocycles. The minimum Gasteiger partial charge on any atom is -0.339 e. The van der Waals surface area contributed by atoms with Gasteiger partial charge in [0.2, 0.25) is 0 Å². The number of carbonyl (C=O) groups excluding carboxylic acids is 1. The lowest BCUT2D eigenvalue weighted by atomic mass is 10.1. The Bertz CT molecular complexity index is 339. The summed E-state index contributed by atoms with van der Waals surface area (Å²) in [4.78, 5) is 22.0. The molecule has 0 saturated carbocycles. The molecule has 0 saturated heterocycles. The number of amides is 1. The van der Waals surface area contributed by atoms with Crippen LogP contribution in [0.1, 0.15) is 35.6 Å². The van der Waals surface area contributed by atoms with E-state index in [4.69, 9.17) is 0 Å². The zero-order valence-corrected chi connectivity index (χ0v) is 9.74. The predicted octanol–water partition coefficient (Wildman–Crippen LogP) is 1.58. The molecule has 0 bridgehead atoms. The van der Waals surface area contributed by atoms with Gasteiger partial charge in [-0.2, -0.15) is 0 Å². The van der Waals surface area contributed by atoms with Gasteiger partial charge in [-0.1, -0.05) is 0 Å². The molecule has 1 heterocycles. The highest BCUT2D eigenvalue weighted by Crippen LogP contribution is 2.11. The maximum atomic E-state index is 12.1. The van der Waals surface area contributed by atoms with Crippen molar-refractivity contribution in [2.45, 2.75) is 27.7 Å². The summed E-state index contributed by atoms with van der Waals surface area (Å²) in [6, 6.07) is 0. The van der Waals surface area contributed by atoms with Gasteiger partial charge in [0.15, 0.2) is 0 Å². The van der Waals surface area contributed by atoms with Crippen LogP contribution in [0.4, 0.5) is 0 Å². The van der Waals surface area contributed by atoms with Crippen LogP contribution in [0, 0.1) is 13.8 Å². The van der Waals surface area contributed by atoms with E-state index in [1.807, 2.05) is 27.7 Å². The highest BCUT2D eigenvalue weighted by molar-refractivity contribution is 5.96. The van der Waals surface area contributed by atoms with Crippen molar-refractivity contribution in [1.82, 2.24) is 14.9 Å². The summed E-state index contributed by atoms with van der Waals surface area (Å²) in [5.41, 5.74) is 2.14. The van der Waals surface area contributed by atoms with Gasteiger partial charge in [0, 0.05) is 13.1 Å². The standard InChI is InChI=1S/C11H17N3O/c1-5-14(6-2)11(15)10-8(3)12-7-13-9(10)4/h7H,5-6H2,1-4H3. The number of nitrogens with zero attached hydrogens (tertiary/aromatic N) is 3. The number of hydrogen-bond acceptors (Lipinski definition) is 3. The van der Waals surface area contributed by atoms with Gasteiger partial charge >= 0.3 is 0 Å². The van der Waals surface area contributed by atoms with E-state index >= 15 is 0 Å². The SMILES string of the molecule is CCN(CC)C(=O)c1c(C)ncnc1C. The number of carbonyl (C=O) groups is 1. The van der Waals surface area contributed by atoms with Crippen LogP contribution in [0.15, 0.2) is 6.33 Å². The Morgan fingerprint density at radius 3 is 2.07 bits per heavy atom. The second-order valence-electron chi connectivity index (χ2n) is 3.40. The van der Waals surface area contributed by atoms with Gasteiger partial charge in [-0.05, 0) is 27.7 Å². The Labute approximate surface area is 90.3 Å². The molecular weight excluding hydrogens is 190 g/mol. The summed E-state index contributed by atoms with van der Waals surface area (Å²) in [5.74, 6) is 0.0237. The van der Waals surface area contributed by atoms with Crippen molar-refractivity contribution in [3.05, 3.63) is 23.3 Å². The van der Waals surface area contributed by atoms with Crippen LogP contribution in [0.3, 0.4) is 0 Å². The minimum absolute atomic E-state index is 0.0237. The van der Waals surface area contributed by atoms with Gasteiger partial charge in [0.05, 0.1) is 17.0 Å². The van der Waals surface area contributed by atoms with Crippen LogP contribution in [-0.2, 0) is 0 Å². The van der Waals surface area contributed by atoms with Gasteiger partial charge in [-0.15, -0.1) is 0 Å². The lowest BCUT2D eigenvalue weighted by Gasteiger charge is -2.20. The molecule has 0 spiro atoms. The number of aromatic nitrogens is 2. The van der Waals surface area contributed by atoms with E-state index in [0.29, 0.717) is 18.7 Å². The molecule has 0 aliphatic rings. The first kappa shape index (κ1) is 11.6. The Morgan fingerprint density at radius 2 is 1.67 bits per heavy atom. The summed E-state index contributed by atoms with van der Waals surface area (Å²) in [5, 5.41) is 0. The van der Waals surface area contributed by atoms with Crippen LogP contribution >= 0.6 is 0 Å². The molecule has 0 unspecified atom stereocenters. The van der Waals surface area contributed by atoms with E-state index in [-0.39, 0.29) is 5.91 Å². The average molecular weight is 207 g/mol. The fourth-order valence-corrected chi connectivity index (χ4v) is 1.57. The Kier molecular flexibility index (Phi) is 3.77. The van der Waals surface area contributed by atoms with Crippen molar-refractivity contribution >= 4 is 5.91 Å². The molecule has 0 N–H and O–H groups in total. The van der Waals surface area contributed by atoms with Gasteiger partial charge in [0.1, 0.15) is 6.33 Å². The summed E-state index contributed by atoms with van der Waals surface area (Å²) in [7, 11) is 0. The van der Waals surface area contributed by atoms with E-state index in [1.54, 1.807) is 4.90 Å². The molecule has 1 aromatic rings. The third-order valence-corrected chi connectivity index (χ3v) is 2.49. The van der Waals surface area contributed by atoms with Crippen molar-refractivity contribution in [2.75, 3.05) is 13.1 Å². The maximum absolute atomic E-state index is 12.1. The summed E-state index contributed by atoms with van der Waals surface area (Å²) in [6.07, 6.45) is 1.49. The van der Waals surface area contributed by atoms with Crippen molar-refractivity contribution in [3.63, 3.8) is 0 Å². The lowest BCUT2D eigenvalue weighted by Crippen LogP contribution is -2.32. The van der Waals surface area contributed by atoms with Crippen LogP contribution in [0.5, 0.6) is 0 Å². The van der Waals surface area contributed by atoms with Crippen molar-refractivity contribution < 1.29 is 4.79 Å². The number of aryl methyl sites for hydroxylation is 2. The molecule has 0 fully saturated rings. The highest BCUT2D eigenvalue weighted by Gasteiger charge is 2.18. The molecule has 0 aromatic carbocycles. The number of hydrogen-bond donors (Lipinski definition) is 0. The smallest absolute Gasteiger partial charge is 0.257 e. The van der Waals surface area contributed by atoms with Gasteiger partial charge < -0.3 is 4.90 Å².